The van der Waals surface area contributed by atoms with Crippen LogP contribution in [-0.4, -0.2) is 22.8 Å². The van der Waals surface area contributed by atoms with Crippen LogP contribution in [0, 0.1) is 23.2 Å². The lowest BCUT2D eigenvalue weighted by Crippen LogP contribution is -2.57. The van der Waals surface area contributed by atoms with E-state index in [1.165, 1.54) is 19.3 Å². The van der Waals surface area contributed by atoms with Crippen molar-refractivity contribution >= 4 is 27.7 Å². The van der Waals surface area contributed by atoms with E-state index in [-0.39, 0.29) is 11.3 Å². The van der Waals surface area contributed by atoms with Crippen molar-refractivity contribution in [1.29, 1.82) is 0 Å². The third kappa shape index (κ3) is 3.21. The van der Waals surface area contributed by atoms with Crippen LogP contribution in [0.4, 0.5) is 0 Å². The van der Waals surface area contributed by atoms with Crippen LogP contribution in [0.5, 0.6) is 0 Å². The minimum atomic E-state index is -0.694. The maximum absolute atomic E-state index is 13.1. The van der Waals surface area contributed by atoms with E-state index in [1.54, 1.807) is 6.20 Å². The number of rotatable bonds is 5. The molecule has 134 valence electrons. The normalized spacial score (nSPS) is 33.9. The van der Waals surface area contributed by atoms with E-state index in [0.717, 1.165) is 24.8 Å². The van der Waals surface area contributed by atoms with Crippen molar-refractivity contribution in [3.05, 3.63) is 28.5 Å². The number of carbonyl (C=O) groups excluding carboxylic acids is 2. The molecule has 6 heteroatoms. The Bertz CT molecular complexity index is 670. The molecule has 4 aliphatic carbocycles. The second-order valence-electron chi connectivity index (χ2n) is 8.28. The standard InChI is InChI=1S/C19H24BrN3O2/c20-16-14(2-1-3-22-16)7-15(17(21)24)23-18(25)19-8-11-4-12(9-19)6-13(5-11)10-19/h1-3,11-13,15H,4-10H2,(H2,21,24)(H,23,25)/t11?,12?,13?,15-,19?/m1/s1. The van der Waals surface area contributed by atoms with Crippen molar-refractivity contribution in [1.82, 2.24) is 10.3 Å². The summed E-state index contributed by atoms with van der Waals surface area (Å²) >= 11 is 3.40. The topological polar surface area (TPSA) is 85.1 Å². The van der Waals surface area contributed by atoms with Crippen molar-refractivity contribution in [3.63, 3.8) is 0 Å². The van der Waals surface area contributed by atoms with Crippen LogP contribution < -0.4 is 11.1 Å². The van der Waals surface area contributed by atoms with E-state index in [4.69, 9.17) is 5.73 Å². The Balaban J connectivity index is 1.50. The van der Waals surface area contributed by atoms with Crippen LogP contribution in [0.3, 0.4) is 0 Å². The van der Waals surface area contributed by atoms with Crippen LogP contribution in [0.25, 0.3) is 0 Å². The fourth-order valence-electron chi connectivity index (χ4n) is 5.71. The average Bonchev–Trinajstić information content (AvgIpc) is 2.54. The summed E-state index contributed by atoms with van der Waals surface area (Å²) in [5, 5.41) is 2.99. The zero-order valence-electron chi connectivity index (χ0n) is 14.2. The molecule has 1 heterocycles. The lowest BCUT2D eigenvalue weighted by molar-refractivity contribution is -0.148. The third-order valence-electron chi connectivity index (χ3n) is 6.43. The number of aromatic nitrogens is 1. The summed E-state index contributed by atoms with van der Waals surface area (Å²) in [4.78, 5) is 29.3. The van der Waals surface area contributed by atoms with Gasteiger partial charge in [-0.25, -0.2) is 4.98 Å². The van der Waals surface area contributed by atoms with E-state index in [0.29, 0.717) is 28.8 Å². The minimum Gasteiger partial charge on any atom is -0.368 e. The molecule has 0 saturated heterocycles. The molecule has 5 rings (SSSR count). The molecule has 1 aromatic heterocycles. The first kappa shape index (κ1) is 17.0. The average molecular weight is 406 g/mol. The number of nitrogens with zero attached hydrogens (tertiary/aromatic N) is 1. The maximum atomic E-state index is 13.1. The predicted molar refractivity (Wildman–Crippen MR) is 97.4 cm³/mol. The third-order valence-corrected chi connectivity index (χ3v) is 7.14. The van der Waals surface area contributed by atoms with Gasteiger partial charge in [0, 0.05) is 18.0 Å². The van der Waals surface area contributed by atoms with Crippen molar-refractivity contribution in [2.75, 3.05) is 0 Å². The molecule has 0 unspecified atom stereocenters. The van der Waals surface area contributed by atoms with Gasteiger partial charge in [0.2, 0.25) is 11.8 Å². The smallest absolute Gasteiger partial charge is 0.240 e. The summed E-state index contributed by atoms with van der Waals surface area (Å²) < 4.78 is 0.685. The molecule has 0 radical (unpaired) electrons. The molecule has 4 fully saturated rings. The van der Waals surface area contributed by atoms with Crippen LogP contribution >= 0.6 is 15.9 Å². The van der Waals surface area contributed by atoms with Gasteiger partial charge in [0.25, 0.3) is 0 Å². The van der Waals surface area contributed by atoms with Crippen molar-refractivity contribution in [2.45, 2.75) is 51.0 Å². The fraction of sp³-hybridized carbons (Fsp3) is 0.632. The quantitative estimate of drug-likeness (QED) is 0.738. The van der Waals surface area contributed by atoms with Gasteiger partial charge in [-0.05, 0) is 83.8 Å². The van der Waals surface area contributed by atoms with Crippen LogP contribution in [0.1, 0.15) is 44.1 Å². The number of nitrogens with two attached hydrogens (primary N) is 1. The van der Waals surface area contributed by atoms with Crippen molar-refractivity contribution in [2.24, 2.45) is 28.9 Å². The number of hydrogen-bond donors (Lipinski definition) is 2. The highest BCUT2D eigenvalue weighted by molar-refractivity contribution is 9.10. The Morgan fingerprint density at radius 3 is 2.36 bits per heavy atom. The van der Waals surface area contributed by atoms with Crippen molar-refractivity contribution in [3.8, 4) is 0 Å². The van der Waals surface area contributed by atoms with Crippen LogP contribution in [0.2, 0.25) is 0 Å². The van der Waals surface area contributed by atoms with Gasteiger partial charge in [-0.1, -0.05) is 6.07 Å². The summed E-state index contributed by atoms with van der Waals surface area (Å²) in [5.41, 5.74) is 6.19. The van der Waals surface area contributed by atoms with Crippen LogP contribution in [-0.2, 0) is 16.0 Å². The fourth-order valence-corrected chi connectivity index (χ4v) is 6.13. The van der Waals surface area contributed by atoms with Gasteiger partial charge < -0.3 is 11.1 Å². The molecule has 4 saturated carbocycles. The number of pyridine rings is 1. The SMILES string of the molecule is NC(=O)[C@@H](Cc1cccnc1Br)NC(=O)C12CC3CC(CC(C3)C1)C2. The first-order valence-corrected chi connectivity index (χ1v) is 9.94. The van der Waals surface area contributed by atoms with E-state index in [1.807, 2.05) is 12.1 Å². The molecule has 1 aromatic rings. The molecular formula is C19H24BrN3O2. The molecule has 2 amide bonds. The second kappa shape index (κ2) is 6.38. The first-order chi connectivity index (χ1) is 11.9. The molecule has 3 N–H and O–H groups in total. The molecular weight excluding hydrogens is 382 g/mol. The molecule has 0 spiro atoms. The lowest BCUT2D eigenvalue weighted by atomic mass is 9.49. The van der Waals surface area contributed by atoms with E-state index in [9.17, 15) is 9.59 Å². The number of hydrogen-bond acceptors (Lipinski definition) is 3. The summed E-state index contributed by atoms with van der Waals surface area (Å²) in [6.07, 6.45) is 8.84. The van der Waals surface area contributed by atoms with Gasteiger partial charge in [-0.3, -0.25) is 9.59 Å². The van der Waals surface area contributed by atoms with Gasteiger partial charge in [-0.2, -0.15) is 0 Å². The minimum absolute atomic E-state index is 0.0374. The highest BCUT2D eigenvalue weighted by Crippen LogP contribution is 2.60. The zero-order chi connectivity index (χ0) is 17.6. The molecule has 0 aromatic carbocycles. The Morgan fingerprint density at radius 2 is 1.84 bits per heavy atom. The van der Waals surface area contributed by atoms with Gasteiger partial charge in [0.15, 0.2) is 0 Å². The Hall–Kier alpha value is -1.43. The van der Waals surface area contributed by atoms with E-state index >= 15 is 0 Å². The number of nitrogens with one attached hydrogen (secondary N) is 1. The Morgan fingerprint density at radius 1 is 1.24 bits per heavy atom. The molecule has 25 heavy (non-hydrogen) atoms. The summed E-state index contributed by atoms with van der Waals surface area (Å²) in [6.45, 7) is 0. The summed E-state index contributed by atoms with van der Waals surface area (Å²) in [5.74, 6) is 1.62. The molecule has 4 bridgehead atoms. The maximum Gasteiger partial charge on any atom is 0.240 e. The second-order valence-corrected chi connectivity index (χ2v) is 9.03. The largest absolute Gasteiger partial charge is 0.368 e. The number of halogens is 1. The Labute approximate surface area is 156 Å². The highest BCUT2D eigenvalue weighted by Gasteiger charge is 2.54. The van der Waals surface area contributed by atoms with E-state index < -0.39 is 11.9 Å². The van der Waals surface area contributed by atoms with E-state index in [2.05, 4.69) is 26.2 Å². The van der Waals surface area contributed by atoms with Gasteiger partial charge >= 0.3 is 0 Å². The highest BCUT2D eigenvalue weighted by atomic mass is 79.9. The van der Waals surface area contributed by atoms with Gasteiger partial charge in [-0.15, -0.1) is 0 Å². The molecule has 5 nitrogen and oxygen atoms in total. The monoisotopic (exact) mass is 405 g/mol. The molecule has 0 aliphatic heterocycles. The summed E-state index contributed by atoms with van der Waals surface area (Å²) in [7, 11) is 0. The molecule has 4 aliphatic rings. The zero-order valence-corrected chi connectivity index (χ0v) is 15.8. The van der Waals surface area contributed by atoms with Crippen molar-refractivity contribution < 1.29 is 9.59 Å². The van der Waals surface area contributed by atoms with Crippen LogP contribution in [0.15, 0.2) is 22.9 Å². The number of carbonyl (C=O) groups is 2. The lowest BCUT2D eigenvalue weighted by Gasteiger charge is -2.55. The predicted octanol–water partition coefficient (Wildman–Crippen LogP) is 2.57. The summed E-state index contributed by atoms with van der Waals surface area (Å²) in [6, 6.07) is 3.02. The Kier molecular flexibility index (Phi) is 4.34. The van der Waals surface area contributed by atoms with Gasteiger partial charge in [0.1, 0.15) is 10.6 Å². The van der Waals surface area contributed by atoms with Gasteiger partial charge in [0.05, 0.1) is 0 Å². The first-order valence-electron chi connectivity index (χ1n) is 9.15. The molecule has 1 atom stereocenters. The number of primary amides is 1. The number of amides is 2.